The SMILES string of the molecule is N#Cc1ccccc1N1CCCC1c1ccnc(Cl)n1. The van der Waals surface area contributed by atoms with Crippen LogP contribution < -0.4 is 4.90 Å². The second kappa shape index (κ2) is 5.48. The van der Waals surface area contributed by atoms with Gasteiger partial charge in [0.15, 0.2) is 0 Å². The third-order valence-corrected chi connectivity index (χ3v) is 3.76. The smallest absolute Gasteiger partial charge is 0.222 e. The summed E-state index contributed by atoms with van der Waals surface area (Å²) in [6, 6.07) is 12.0. The highest BCUT2D eigenvalue weighted by Gasteiger charge is 2.28. The molecule has 5 heteroatoms. The molecule has 0 bridgehead atoms. The van der Waals surface area contributed by atoms with Crippen molar-refractivity contribution >= 4 is 17.3 Å². The summed E-state index contributed by atoms with van der Waals surface area (Å²) in [7, 11) is 0. The van der Waals surface area contributed by atoms with Crippen LogP contribution in [0.25, 0.3) is 0 Å². The standard InChI is InChI=1S/C15H13ClN4/c16-15-18-8-7-12(19-15)14-6-3-9-20(14)13-5-2-1-4-11(13)10-17/h1-2,4-5,7-8,14H,3,6,9H2. The Bertz CT molecular complexity index is 665. The predicted molar refractivity (Wildman–Crippen MR) is 77.5 cm³/mol. The van der Waals surface area contributed by atoms with E-state index in [0.717, 1.165) is 30.8 Å². The largest absolute Gasteiger partial charge is 0.362 e. The second-order valence-corrected chi connectivity index (χ2v) is 5.07. The van der Waals surface area contributed by atoms with Gasteiger partial charge in [-0.15, -0.1) is 0 Å². The Kier molecular flexibility index (Phi) is 3.53. The van der Waals surface area contributed by atoms with Crippen LogP contribution in [-0.2, 0) is 0 Å². The van der Waals surface area contributed by atoms with E-state index in [2.05, 4.69) is 20.9 Å². The molecule has 0 saturated carbocycles. The Labute approximate surface area is 122 Å². The highest BCUT2D eigenvalue weighted by Crippen LogP contribution is 2.36. The molecule has 2 heterocycles. The number of halogens is 1. The number of benzene rings is 1. The maximum absolute atomic E-state index is 9.26. The number of anilines is 1. The lowest BCUT2D eigenvalue weighted by Crippen LogP contribution is -2.24. The van der Waals surface area contributed by atoms with Gasteiger partial charge in [-0.25, -0.2) is 9.97 Å². The lowest BCUT2D eigenvalue weighted by Gasteiger charge is -2.27. The third kappa shape index (κ3) is 2.33. The number of nitrogens with zero attached hydrogens (tertiary/aromatic N) is 4. The van der Waals surface area contributed by atoms with E-state index in [-0.39, 0.29) is 11.3 Å². The maximum atomic E-state index is 9.26. The van der Waals surface area contributed by atoms with Crippen LogP contribution in [0, 0.1) is 11.3 Å². The van der Waals surface area contributed by atoms with Crippen LogP contribution in [0.2, 0.25) is 5.28 Å². The lowest BCUT2D eigenvalue weighted by atomic mass is 10.1. The first-order valence-electron chi connectivity index (χ1n) is 6.54. The molecule has 0 aliphatic carbocycles. The first-order chi connectivity index (χ1) is 9.79. The minimum atomic E-state index is 0.157. The molecule has 1 aliphatic rings. The normalized spacial score (nSPS) is 18.0. The molecular weight excluding hydrogens is 272 g/mol. The number of aromatic nitrogens is 2. The molecule has 0 N–H and O–H groups in total. The van der Waals surface area contributed by atoms with E-state index in [1.54, 1.807) is 6.20 Å². The molecule has 100 valence electrons. The van der Waals surface area contributed by atoms with Gasteiger partial charge >= 0.3 is 0 Å². The van der Waals surface area contributed by atoms with E-state index in [9.17, 15) is 5.26 Å². The van der Waals surface area contributed by atoms with Crippen molar-refractivity contribution in [3.8, 4) is 6.07 Å². The van der Waals surface area contributed by atoms with Crippen LogP contribution in [0.5, 0.6) is 0 Å². The molecule has 1 atom stereocenters. The summed E-state index contributed by atoms with van der Waals surface area (Å²) in [5, 5.41) is 9.52. The molecule has 4 nitrogen and oxygen atoms in total. The summed E-state index contributed by atoms with van der Waals surface area (Å²) in [4.78, 5) is 10.5. The van der Waals surface area contributed by atoms with Crippen LogP contribution in [0.3, 0.4) is 0 Å². The second-order valence-electron chi connectivity index (χ2n) is 4.73. The summed E-state index contributed by atoms with van der Waals surface area (Å²) >= 11 is 5.88. The van der Waals surface area contributed by atoms with Gasteiger partial charge in [-0.05, 0) is 42.6 Å². The van der Waals surface area contributed by atoms with Crippen LogP contribution in [0.1, 0.15) is 30.1 Å². The first kappa shape index (κ1) is 12.9. The number of para-hydroxylation sites is 1. The Balaban J connectivity index is 1.99. The molecule has 1 aromatic heterocycles. The molecule has 1 aromatic carbocycles. The summed E-state index contributed by atoms with van der Waals surface area (Å²) in [6.07, 6.45) is 3.76. The van der Waals surface area contributed by atoms with Crippen molar-refractivity contribution in [1.82, 2.24) is 9.97 Å². The molecular formula is C15H13ClN4. The summed E-state index contributed by atoms with van der Waals surface area (Å²) in [5.74, 6) is 0. The highest BCUT2D eigenvalue weighted by atomic mass is 35.5. The van der Waals surface area contributed by atoms with E-state index in [1.165, 1.54) is 0 Å². The van der Waals surface area contributed by atoms with Gasteiger partial charge in [0.1, 0.15) is 6.07 Å². The Hall–Kier alpha value is -2.12. The van der Waals surface area contributed by atoms with Crippen molar-refractivity contribution in [2.45, 2.75) is 18.9 Å². The molecule has 0 amide bonds. The number of hydrogen-bond donors (Lipinski definition) is 0. The van der Waals surface area contributed by atoms with Crippen molar-refractivity contribution in [2.75, 3.05) is 11.4 Å². The predicted octanol–water partition coefficient (Wildman–Crippen LogP) is 3.34. The number of hydrogen-bond acceptors (Lipinski definition) is 4. The first-order valence-corrected chi connectivity index (χ1v) is 6.91. The van der Waals surface area contributed by atoms with Crippen LogP contribution >= 0.6 is 11.6 Å². The van der Waals surface area contributed by atoms with Gasteiger partial charge in [-0.2, -0.15) is 5.26 Å². The molecule has 1 fully saturated rings. The molecule has 20 heavy (non-hydrogen) atoms. The third-order valence-electron chi connectivity index (χ3n) is 3.58. The lowest BCUT2D eigenvalue weighted by molar-refractivity contribution is 0.690. The highest BCUT2D eigenvalue weighted by molar-refractivity contribution is 6.28. The quantitative estimate of drug-likeness (QED) is 0.794. The Morgan fingerprint density at radius 2 is 2.15 bits per heavy atom. The Morgan fingerprint density at radius 1 is 1.30 bits per heavy atom. The van der Waals surface area contributed by atoms with Crippen molar-refractivity contribution < 1.29 is 0 Å². The zero-order valence-electron chi connectivity index (χ0n) is 10.8. The van der Waals surface area contributed by atoms with Gasteiger partial charge in [0.05, 0.1) is 23.0 Å². The van der Waals surface area contributed by atoms with Gasteiger partial charge in [0.25, 0.3) is 0 Å². The Morgan fingerprint density at radius 3 is 2.95 bits per heavy atom. The van der Waals surface area contributed by atoms with Crippen LogP contribution in [0.15, 0.2) is 36.5 Å². The van der Waals surface area contributed by atoms with E-state index < -0.39 is 0 Å². The van der Waals surface area contributed by atoms with Gasteiger partial charge in [0.2, 0.25) is 5.28 Å². The summed E-state index contributed by atoms with van der Waals surface area (Å²) < 4.78 is 0. The van der Waals surface area contributed by atoms with Gasteiger partial charge in [-0.3, -0.25) is 0 Å². The zero-order chi connectivity index (χ0) is 13.9. The van der Waals surface area contributed by atoms with Crippen molar-refractivity contribution in [3.05, 3.63) is 53.1 Å². The fourth-order valence-electron chi connectivity index (χ4n) is 2.71. The van der Waals surface area contributed by atoms with Crippen molar-refractivity contribution in [2.24, 2.45) is 0 Å². The molecule has 1 unspecified atom stereocenters. The van der Waals surface area contributed by atoms with Crippen molar-refractivity contribution in [3.63, 3.8) is 0 Å². The maximum Gasteiger partial charge on any atom is 0.222 e. The molecule has 2 aromatic rings. The number of nitriles is 1. The average Bonchev–Trinajstić information content (AvgIpc) is 2.96. The van der Waals surface area contributed by atoms with Gasteiger partial charge < -0.3 is 4.90 Å². The van der Waals surface area contributed by atoms with Gasteiger partial charge in [-0.1, -0.05) is 12.1 Å². The van der Waals surface area contributed by atoms with E-state index in [4.69, 9.17) is 11.6 Å². The fraction of sp³-hybridized carbons (Fsp3) is 0.267. The fourth-order valence-corrected chi connectivity index (χ4v) is 2.87. The minimum absolute atomic E-state index is 0.157. The van der Waals surface area contributed by atoms with Gasteiger partial charge in [0, 0.05) is 12.7 Å². The van der Waals surface area contributed by atoms with Crippen molar-refractivity contribution in [1.29, 1.82) is 5.26 Å². The topological polar surface area (TPSA) is 52.8 Å². The number of rotatable bonds is 2. The van der Waals surface area contributed by atoms with Crippen LogP contribution in [-0.4, -0.2) is 16.5 Å². The molecule has 3 rings (SSSR count). The van der Waals surface area contributed by atoms with Crippen LogP contribution in [0.4, 0.5) is 5.69 Å². The monoisotopic (exact) mass is 284 g/mol. The molecule has 1 aliphatic heterocycles. The molecule has 0 spiro atoms. The van der Waals surface area contributed by atoms with E-state index >= 15 is 0 Å². The summed E-state index contributed by atoms with van der Waals surface area (Å²) in [5.41, 5.74) is 2.57. The summed E-state index contributed by atoms with van der Waals surface area (Å²) in [6.45, 7) is 0.922. The molecule has 1 saturated heterocycles. The molecule has 0 radical (unpaired) electrons. The minimum Gasteiger partial charge on any atom is -0.362 e. The van der Waals surface area contributed by atoms with E-state index in [1.807, 2.05) is 30.3 Å². The average molecular weight is 285 g/mol. The van der Waals surface area contributed by atoms with E-state index in [0.29, 0.717) is 5.56 Å². The zero-order valence-corrected chi connectivity index (χ0v) is 11.6.